The number of hydrogen-bond donors (Lipinski definition) is 0. The number of halogens is 3. The van der Waals surface area contributed by atoms with Gasteiger partial charge in [-0.1, -0.05) is 60.3 Å². The lowest BCUT2D eigenvalue weighted by atomic mass is 10.0. The molecule has 0 bridgehead atoms. The molecule has 1 heterocycles. The molecule has 0 atom stereocenters. The van der Waals surface area contributed by atoms with E-state index in [1.807, 2.05) is 24.3 Å². The van der Waals surface area contributed by atoms with E-state index in [9.17, 15) is 0 Å². The third kappa shape index (κ3) is 4.00. The zero-order valence-electron chi connectivity index (χ0n) is 13.3. The second-order valence-corrected chi connectivity index (χ2v) is 7.03. The first-order chi connectivity index (χ1) is 11.6. The summed E-state index contributed by atoms with van der Waals surface area (Å²) < 4.78 is 0. The summed E-state index contributed by atoms with van der Waals surface area (Å²) in [6.45, 7) is 2.18. The van der Waals surface area contributed by atoms with Gasteiger partial charge in [-0.3, -0.25) is 9.98 Å². The smallest absolute Gasteiger partial charge is 0.0905 e. The molecule has 1 aliphatic rings. The quantitative estimate of drug-likeness (QED) is 0.527. The summed E-state index contributed by atoms with van der Waals surface area (Å²) >= 11 is 18.3. The molecule has 5 heteroatoms. The van der Waals surface area contributed by atoms with Crippen LogP contribution in [0.2, 0.25) is 15.1 Å². The van der Waals surface area contributed by atoms with Gasteiger partial charge in [0.05, 0.1) is 27.1 Å². The Morgan fingerprint density at radius 3 is 2.17 bits per heavy atom. The fourth-order valence-electron chi connectivity index (χ4n) is 2.63. The van der Waals surface area contributed by atoms with Crippen molar-refractivity contribution >= 4 is 57.6 Å². The highest BCUT2D eigenvalue weighted by atomic mass is 35.5. The molecule has 0 aromatic heterocycles. The van der Waals surface area contributed by atoms with Gasteiger partial charge in [0.15, 0.2) is 0 Å². The van der Waals surface area contributed by atoms with E-state index in [2.05, 4.69) is 6.92 Å². The number of aliphatic imine (C=N–C) groups is 2. The van der Waals surface area contributed by atoms with Crippen molar-refractivity contribution in [3.05, 3.63) is 57.0 Å². The Hall–Kier alpha value is -1.35. The van der Waals surface area contributed by atoms with E-state index in [4.69, 9.17) is 44.8 Å². The van der Waals surface area contributed by atoms with Crippen LogP contribution in [0.25, 0.3) is 0 Å². The van der Waals surface area contributed by atoms with E-state index < -0.39 is 0 Å². The number of rotatable bonds is 4. The molecule has 0 radical (unpaired) electrons. The second-order valence-electron chi connectivity index (χ2n) is 5.78. The van der Waals surface area contributed by atoms with Crippen LogP contribution < -0.4 is 0 Å². The summed E-state index contributed by atoms with van der Waals surface area (Å²) in [5.41, 5.74) is 4.66. The Morgan fingerprint density at radius 1 is 0.917 bits per heavy atom. The van der Waals surface area contributed by atoms with Crippen LogP contribution in [0.3, 0.4) is 0 Å². The molecule has 0 fully saturated rings. The van der Waals surface area contributed by atoms with Crippen molar-refractivity contribution in [1.29, 1.82) is 0 Å². The molecule has 3 rings (SSSR count). The minimum absolute atomic E-state index is 0.488. The van der Waals surface area contributed by atoms with Gasteiger partial charge in [-0.05, 0) is 42.7 Å². The Balaban J connectivity index is 2.08. The third-order valence-electron chi connectivity index (χ3n) is 3.92. The van der Waals surface area contributed by atoms with Gasteiger partial charge in [-0.2, -0.15) is 0 Å². The van der Waals surface area contributed by atoms with Crippen molar-refractivity contribution in [2.24, 2.45) is 9.98 Å². The van der Waals surface area contributed by atoms with Gasteiger partial charge in [0, 0.05) is 17.2 Å². The monoisotopic (exact) mass is 378 g/mol. The molecule has 1 aliphatic heterocycles. The van der Waals surface area contributed by atoms with Crippen LogP contribution in [0.1, 0.15) is 38.2 Å². The molecule has 2 aromatic rings. The zero-order chi connectivity index (χ0) is 17.1. The molecule has 0 unspecified atom stereocenters. The van der Waals surface area contributed by atoms with Gasteiger partial charge in [0.25, 0.3) is 0 Å². The highest BCUT2D eigenvalue weighted by Crippen LogP contribution is 2.38. The predicted molar refractivity (Wildman–Crippen MR) is 105 cm³/mol. The number of nitrogens with zero attached hydrogens (tertiary/aromatic N) is 2. The van der Waals surface area contributed by atoms with Crippen LogP contribution >= 0.6 is 34.8 Å². The first kappa shape index (κ1) is 17.5. The maximum Gasteiger partial charge on any atom is 0.0905 e. The van der Waals surface area contributed by atoms with Gasteiger partial charge < -0.3 is 0 Å². The van der Waals surface area contributed by atoms with Crippen LogP contribution in [-0.2, 0) is 0 Å². The Kier molecular flexibility index (Phi) is 5.60. The molecule has 2 nitrogen and oxygen atoms in total. The average Bonchev–Trinajstić information content (AvgIpc) is 2.73. The van der Waals surface area contributed by atoms with E-state index in [0.29, 0.717) is 21.5 Å². The van der Waals surface area contributed by atoms with Crippen LogP contribution in [0.15, 0.2) is 46.4 Å². The molecule has 0 aliphatic carbocycles. The average molecular weight is 380 g/mol. The van der Waals surface area contributed by atoms with E-state index >= 15 is 0 Å². The minimum Gasteiger partial charge on any atom is -0.255 e. The number of unbranched alkanes of at least 4 members (excludes halogenated alkanes) is 1. The fourth-order valence-corrected chi connectivity index (χ4v) is 3.07. The topological polar surface area (TPSA) is 24.7 Å². The van der Waals surface area contributed by atoms with Gasteiger partial charge in [-0.15, -0.1) is 0 Å². The Morgan fingerprint density at radius 2 is 1.54 bits per heavy atom. The number of fused-ring (bicyclic) bond motifs is 1. The van der Waals surface area contributed by atoms with Crippen LogP contribution in [-0.4, -0.2) is 11.4 Å². The fraction of sp³-hybridized carbons (Fsp3) is 0.263. The summed E-state index contributed by atoms with van der Waals surface area (Å²) in [6.07, 6.45) is 3.89. The molecule has 0 amide bonds. The molecule has 0 N–H and O–H groups in total. The van der Waals surface area contributed by atoms with E-state index in [-0.39, 0.29) is 0 Å². The lowest BCUT2D eigenvalue weighted by Gasteiger charge is -2.07. The molecule has 0 spiro atoms. The third-order valence-corrected chi connectivity index (χ3v) is 4.89. The zero-order valence-corrected chi connectivity index (χ0v) is 15.6. The molecular formula is C19H17Cl3N2. The van der Waals surface area contributed by atoms with Crippen LogP contribution in [0, 0.1) is 0 Å². The molecule has 124 valence electrons. The Bertz CT molecular complexity index is 808. The van der Waals surface area contributed by atoms with Crippen molar-refractivity contribution < 1.29 is 0 Å². The van der Waals surface area contributed by atoms with Crippen molar-refractivity contribution in [3.8, 4) is 0 Å². The van der Waals surface area contributed by atoms with Crippen molar-refractivity contribution in [1.82, 2.24) is 0 Å². The molecule has 0 saturated heterocycles. The van der Waals surface area contributed by atoms with Crippen molar-refractivity contribution in [2.45, 2.75) is 32.6 Å². The normalized spacial score (nSPS) is 13.8. The highest BCUT2D eigenvalue weighted by Gasteiger charge is 2.16. The number of hydrogen-bond acceptors (Lipinski definition) is 2. The summed E-state index contributed by atoms with van der Waals surface area (Å²) in [5, 5.41) is 1.70. The minimum atomic E-state index is 0.488. The maximum atomic E-state index is 6.17. The summed E-state index contributed by atoms with van der Waals surface area (Å²) in [7, 11) is 0. The predicted octanol–water partition coefficient (Wildman–Crippen LogP) is 7.43. The van der Waals surface area contributed by atoms with Crippen LogP contribution in [0.4, 0.5) is 11.4 Å². The van der Waals surface area contributed by atoms with E-state index in [0.717, 1.165) is 47.6 Å². The molecule has 24 heavy (non-hydrogen) atoms. The Labute approximate surface area is 157 Å². The van der Waals surface area contributed by atoms with Crippen LogP contribution in [0.5, 0.6) is 0 Å². The van der Waals surface area contributed by atoms with Gasteiger partial charge in [0.1, 0.15) is 0 Å². The van der Waals surface area contributed by atoms with Crippen molar-refractivity contribution in [2.75, 3.05) is 0 Å². The lowest BCUT2D eigenvalue weighted by molar-refractivity contribution is 0.831. The summed E-state index contributed by atoms with van der Waals surface area (Å²) in [4.78, 5) is 9.62. The molecule has 2 aromatic carbocycles. The maximum absolute atomic E-state index is 6.17. The van der Waals surface area contributed by atoms with Gasteiger partial charge >= 0.3 is 0 Å². The molecular weight excluding hydrogens is 363 g/mol. The largest absolute Gasteiger partial charge is 0.255 e. The summed E-state index contributed by atoms with van der Waals surface area (Å²) in [6, 6.07) is 11.3. The molecule has 0 saturated carbocycles. The second kappa shape index (κ2) is 7.69. The SMILES string of the molecule is CCCCC1=Nc2cc(Cl)c(Cl)cc2N=C(c2ccc(Cl)cc2)C1. The first-order valence-electron chi connectivity index (χ1n) is 7.96. The van der Waals surface area contributed by atoms with Crippen molar-refractivity contribution in [3.63, 3.8) is 0 Å². The first-order valence-corrected chi connectivity index (χ1v) is 9.09. The lowest BCUT2D eigenvalue weighted by Crippen LogP contribution is -2.08. The van der Waals surface area contributed by atoms with E-state index in [1.54, 1.807) is 12.1 Å². The van der Waals surface area contributed by atoms with Gasteiger partial charge in [0.2, 0.25) is 0 Å². The number of benzene rings is 2. The highest BCUT2D eigenvalue weighted by molar-refractivity contribution is 6.42. The van der Waals surface area contributed by atoms with E-state index in [1.165, 1.54) is 0 Å². The summed E-state index contributed by atoms with van der Waals surface area (Å²) in [5.74, 6) is 0. The standard InChI is InChI=1S/C19H17Cl3N2/c1-2-3-4-14-9-17(12-5-7-13(20)8-6-12)24-19-11-16(22)15(21)10-18(19)23-14/h5-8,10-11H,2-4,9H2,1H3. The van der Waals surface area contributed by atoms with Gasteiger partial charge in [-0.25, -0.2) is 0 Å².